The Morgan fingerprint density at radius 3 is 2.57 bits per heavy atom. The molecule has 0 aliphatic carbocycles. The highest BCUT2D eigenvalue weighted by Gasteiger charge is 2.19. The van der Waals surface area contributed by atoms with Crippen LogP contribution >= 0.6 is 11.3 Å². The third-order valence-electron chi connectivity index (χ3n) is 3.18. The van der Waals surface area contributed by atoms with Crippen molar-refractivity contribution in [2.45, 2.75) is 59.0 Å². The lowest BCUT2D eigenvalue weighted by Crippen LogP contribution is -2.44. The Kier molecular flexibility index (Phi) is 6.61. The summed E-state index contributed by atoms with van der Waals surface area (Å²) in [6.45, 7) is 10.9. The number of amides is 2. The molecule has 5 nitrogen and oxygen atoms in total. The predicted octanol–water partition coefficient (Wildman–Crippen LogP) is 2.65. The minimum Gasteiger partial charge on any atom is -0.396 e. The third kappa shape index (κ3) is 6.01. The number of aromatic nitrogens is 1. The van der Waals surface area contributed by atoms with Gasteiger partial charge in [0.1, 0.15) is 0 Å². The SMILES string of the molecule is CC(C)C(CCO)NC(=O)NCc1csc(C(C)(C)C)n1. The van der Waals surface area contributed by atoms with Crippen LogP contribution < -0.4 is 10.6 Å². The van der Waals surface area contributed by atoms with E-state index in [4.69, 9.17) is 5.11 Å². The Labute approximate surface area is 131 Å². The molecule has 0 spiro atoms. The number of hydrogen-bond donors (Lipinski definition) is 3. The molecule has 6 heteroatoms. The zero-order valence-electron chi connectivity index (χ0n) is 13.6. The molecule has 0 radical (unpaired) electrons. The smallest absolute Gasteiger partial charge is 0.315 e. The first-order valence-electron chi connectivity index (χ1n) is 7.34. The fourth-order valence-corrected chi connectivity index (χ4v) is 2.74. The van der Waals surface area contributed by atoms with E-state index in [1.807, 2.05) is 19.2 Å². The summed E-state index contributed by atoms with van der Waals surface area (Å²) >= 11 is 1.62. The van der Waals surface area contributed by atoms with Crippen LogP contribution in [0.25, 0.3) is 0 Å². The van der Waals surface area contributed by atoms with Crippen LogP contribution in [0.5, 0.6) is 0 Å². The van der Waals surface area contributed by atoms with Crippen molar-refractivity contribution in [1.82, 2.24) is 15.6 Å². The van der Waals surface area contributed by atoms with Gasteiger partial charge in [-0.25, -0.2) is 9.78 Å². The number of carbonyl (C=O) groups excluding carboxylic acids is 1. The Balaban J connectivity index is 2.47. The number of thiazole rings is 1. The average Bonchev–Trinajstić information content (AvgIpc) is 2.84. The van der Waals surface area contributed by atoms with Gasteiger partial charge in [0, 0.05) is 23.4 Å². The fraction of sp³-hybridized carbons (Fsp3) is 0.733. The predicted molar refractivity (Wildman–Crippen MR) is 86.5 cm³/mol. The summed E-state index contributed by atoms with van der Waals surface area (Å²) in [6.07, 6.45) is 0.565. The quantitative estimate of drug-likeness (QED) is 0.756. The number of aliphatic hydroxyl groups is 1. The van der Waals surface area contributed by atoms with E-state index in [1.54, 1.807) is 11.3 Å². The average molecular weight is 313 g/mol. The molecular weight excluding hydrogens is 286 g/mol. The molecular formula is C15H27N3O2S. The van der Waals surface area contributed by atoms with E-state index in [1.165, 1.54) is 0 Å². The van der Waals surface area contributed by atoms with E-state index in [9.17, 15) is 4.79 Å². The largest absolute Gasteiger partial charge is 0.396 e. The minimum absolute atomic E-state index is 0.0180. The highest BCUT2D eigenvalue weighted by Crippen LogP contribution is 2.25. The number of hydrogen-bond acceptors (Lipinski definition) is 4. The Hall–Kier alpha value is -1.14. The van der Waals surface area contributed by atoms with Crippen molar-refractivity contribution in [2.24, 2.45) is 5.92 Å². The Bertz CT molecular complexity index is 452. The van der Waals surface area contributed by atoms with Crippen LogP contribution in [0.2, 0.25) is 0 Å². The number of aliphatic hydroxyl groups excluding tert-OH is 1. The molecule has 21 heavy (non-hydrogen) atoms. The van der Waals surface area contributed by atoms with Crippen LogP contribution in [0, 0.1) is 5.92 Å². The van der Waals surface area contributed by atoms with Crippen molar-refractivity contribution in [2.75, 3.05) is 6.61 Å². The number of nitrogens with one attached hydrogen (secondary N) is 2. The van der Waals surface area contributed by atoms with E-state index < -0.39 is 0 Å². The molecule has 1 unspecified atom stereocenters. The summed E-state index contributed by atoms with van der Waals surface area (Å²) in [6, 6.07) is -0.233. The minimum atomic E-state index is -0.215. The van der Waals surface area contributed by atoms with Gasteiger partial charge in [0.25, 0.3) is 0 Å². The van der Waals surface area contributed by atoms with Gasteiger partial charge in [-0.1, -0.05) is 34.6 Å². The maximum atomic E-state index is 11.9. The zero-order chi connectivity index (χ0) is 16.0. The van der Waals surface area contributed by atoms with Crippen molar-refractivity contribution in [3.05, 3.63) is 16.1 Å². The zero-order valence-corrected chi connectivity index (χ0v) is 14.4. The molecule has 0 fully saturated rings. The first-order valence-corrected chi connectivity index (χ1v) is 8.22. The number of carbonyl (C=O) groups is 1. The second-order valence-corrected chi connectivity index (χ2v) is 7.44. The second-order valence-electron chi connectivity index (χ2n) is 6.58. The van der Waals surface area contributed by atoms with Crippen LogP contribution in [0.4, 0.5) is 4.79 Å². The van der Waals surface area contributed by atoms with Gasteiger partial charge in [-0.05, 0) is 12.3 Å². The van der Waals surface area contributed by atoms with Crippen molar-refractivity contribution in [1.29, 1.82) is 0 Å². The van der Waals surface area contributed by atoms with E-state index in [2.05, 4.69) is 36.4 Å². The summed E-state index contributed by atoms with van der Waals surface area (Å²) in [5.74, 6) is 0.287. The van der Waals surface area contributed by atoms with Gasteiger partial charge in [0.15, 0.2) is 0 Å². The van der Waals surface area contributed by atoms with E-state index in [0.29, 0.717) is 13.0 Å². The van der Waals surface area contributed by atoms with Gasteiger partial charge >= 0.3 is 6.03 Å². The van der Waals surface area contributed by atoms with E-state index >= 15 is 0 Å². The highest BCUT2D eigenvalue weighted by atomic mass is 32.1. The van der Waals surface area contributed by atoms with Crippen LogP contribution in [0.15, 0.2) is 5.38 Å². The van der Waals surface area contributed by atoms with Gasteiger partial charge < -0.3 is 15.7 Å². The van der Waals surface area contributed by atoms with E-state index in [-0.39, 0.29) is 30.0 Å². The summed E-state index contributed by atoms with van der Waals surface area (Å²) in [5.41, 5.74) is 0.915. The lowest BCUT2D eigenvalue weighted by molar-refractivity contribution is 0.218. The summed E-state index contributed by atoms with van der Waals surface area (Å²) in [5, 5.41) is 17.8. The second kappa shape index (κ2) is 7.75. The van der Waals surface area contributed by atoms with Gasteiger partial charge in [0.2, 0.25) is 0 Å². The molecule has 0 aliphatic rings. The Morgan fingerprint density at radius 1 is 1.43 bits per heavy atom. The van der Waals surface area contributed by atoms with Gasteiger partial charge in [0.05, 0.1) is 17.2 Å². The number of rotatable bonds is 6. The Morgan fingerprint density at radius 2 is 2.10 bits per heavy atom. The van der Waals surface area contributed by atoms with Gasteiger partial charge in [-0.3, -0.25) is 0 Å². The highest BCUT2D eigenvalue weighted by molar-refractivity contribution is 7.09. The molecule has 0 aliphatic heterocycles. The number of nitrogens with zero attached hydrogens (tertiary/aromatic N) is 1. The molecule has 0 saturated heterocycles. The first kappa shape index (κ1) is 17.9. The standard InChI is InChI=1S/C15H27N3O2S/c1-10(2)12(6-7-19)18-14(20)16-8-11-9-21-13(17-11)15(3,4)5/h9-10,12,19H,6-8H2,1-5H3,(H2,16,18,20). The summed E-state index contributed by atoms with van der Waals surface area (Å²) in [7, 11) is 0. The summed E-state index contributed by atoms with van der Waals surface area (Å²) in [4.78, 5) is 16.4. The topological polar surface area (TPSA) is 74.2 Å². The molecule has 2 amide bonds. The molecule has 1 aromatic rings. The maximum absolute atomic E-state index is 11.9. The van der Waals surface area contributed by atoms with Crippen LogP contribution in [0.3, 0.4) is 0 Å². The lowest BCUT2D eigenvalue weighted by atomic mass is 9.98. The van der Waals surface area contributed by atoms with Crippen molar-refractivity contribution in [3.8, 4) is 0 Å². The molecule has 0 bridgehead atoms. The third-order valence-corrected chi connectivity index (χ3v) is 4.50. The molecule has 1 rings (SSSR count). The molecule has 1 atom stereocenters. The maximum Gasteiger partial charge on any atom is 0.315 e. The van der Waals surface area contributed by atoms with Crippen LogP contribution in [-0.4, -0.2) is 28.8 Å². The first-order chi connectivity index (χ1) is 9.74. The normalized spacial score (nSPS) is 13.3. The fourth-order valence-electron chi connectivity index (χ4n) is 1.83. The summed E-state index contributed by atoms with van der Waals surface area (Å²) < 4.78 is 0. The molecule has 0 aromatic carbocycles. The van der Waals surface area contributed by atoms with Gasteiger partial charge in [-0.15, -0.1) is 11.3 Å². The van der Waals surface area contributed by atoms with Crippen LogP contribution in [-0.2, 0) is 12.0 Å². The molecule has 1 aromatic heterocycles. The van der Waals surface area contributed by atoms with Crippen LogP contribution in [0.1, 0.15) is 51.7 Å². The molecule has 120 valence electrons. The van der Waals surface area contributed by atoms with Crippen molar-refractivity contribution < 1.29 is 9.90 Å². The number of urea groups is 1. The molecule has 3 N–H and O–H groups in total. The van der Waals surface area contributed by atoms with Gasteiger partial charge in [-0.2, -0.15) is 0 Å². The van der Waals surface area contributed by atoms with Crippen molar-refractivity contribution >= 4 is 17.4 Å². The van der Waals surface area contributed by atoms with E-state index in [0.717, 1.165) is 10.7 Å². The molecule has 1 heterocycles. The monoisotopic (exact) mass is 313 g/mol. The van der Waals surface area contributed by atoms with Crippen molar-refractivity contribution in [3.63, 3.8) is 0 Å². The molecule has 0 saturated carbocycles. The lowest BCUT2D eigenvalue weighted by Gasteiger charge is -2.21.